The SMILES string of the molecule is CCO[Si](CCCBr)(OCC)OCC.[SiH4]. The topological polar surface area (TPSA) is 27.7 Å². The Morgan fingerprint density at radius 2 is 1.33 bits per heavy atom. The summed E-state index contributed by atoms with van der Waals surface area (Å²) in [6.07, 6.45) is 1.03. The molecule has 0 aliphatic carbocycles. The minimum Gasteiger partial charge on any atom is -0.374 e. The van der Waals surface area contributed by atoms with Crippen LogP contribution in [0, 0.1) is 0 Å². The van der Waals surface area contributed by atoms with Crippen LogP contribution in [0.25, 0.3) is 0 Å². The smallest absolute Gasteiger partial charge is 0.374 e. The molecule has 0 aromatic carbocycles. The number of hydrogen-bond acceptors (Lipinski definition) is 3. The van der Waals surface area contributed by atoms with Gasteiger partial charge in [0.25, 0.3) is 0 Å². The van der Waals surface area contributed by atoms with E-state index < -0.39 is 8.80 Å². The lowest BCUT2D eigenvalue weighted by Crippen LogP contribution is -2.45. The second kappa shape index (κ2) is 11.3. The van der Waals surface area contributed by atoms with E-state index in [9.17, 15) is 0 Å². The van der Waals surface area contributed by atoms with Gasteiger partial charge in [-0.3, -0.25) is 0 Å². The predicted octanol–water partition coefficient (Wildman–Crippen LogP) is 1.37. The predicted molar refractivity (Wildman–Crippen MR) is 75.2 cm³/mol. The molecule has 6 heteroatoms. The molecule has 0 N–H and O–H groups in total. The Hall–Kier alpha value is 0.794. The Morgan fingerprint density at radius 3 is 1.60 bits per heavy atom. The first-order valence-electron chi connectivity index (χ1n) is 5.22. The summed E-state index contributed by atoms with van der Waals surface area (Å²) in [4.78, 5) is 0. The number of halogens is 1. The lowest BCUT2D eigenvalue weighted by molar-refractivity contribution is 0.0712. The van der Waals surface area contributed by atoms with Crippen LogP contribution < -0.4 is 0 Å². The summed E-state index contributed by atoms with van der Waals surface area (Å²) in [7, 11) is -2.35. The Kier molecular flexibility index (Phi) is 13.7. The van der Waals surface area contributed by atoms with Crippen molar-refractivity contribution in [2.45, 2.75) is 33.2 Å². The highest BCUT2D eigenvalue weighted by molar-refractivity contribution is 9.09. The second-order valence-electron chi connectivity index (χ2n) is 2.77. The van der Waals surface area contributed by atoms with Crippen LogP contribution in [-0.4, -0.2) is 44.9 Å². The molecular weight excluding hydrogens is 292 g/mol. The molecule has 0 aliphatic heterocycles. The zero-order valence-corrected chi connectivity index (χ0v) is 11.9. The fourth-order valence-corrected chi connectivity index (χ4v) is 4.69. The van der Waals surface area contributed by atoms with E-state index in [0.717, 1.165) is 17.8 Å². The first-order chi connectivity index (χ1) is 6.74. The van der Waals surface area contributed by atoms with E-state index in [2.05, 4.69) is 15.9 Å². The van der Waals surface area contributed by atoms with Crippen molar-refractivity contribution in [1.29, 1.82) is 0 Å². The van der Waals surface area contributed by atoms with Gasteiger partial charge >= 0.3 is 8.80 Å². The van der Waals surface area contributed by atoms with Crippen molar-refractivity contribution in [1.82, 2.24) is 0 Å². The van der Waals surface area contributed by atoms with Gasteiger partial charge in [-0.1, -0.05) is 15.9 Å². The van der Waals surface area contributed by atoms with E-state index in [-0.39, 0.29) is 11.0 Å². The minimum atomic E-state index is -2.35. The zero-order valence-electron chi connectivity index (χ0n) is 9.35. The van der Waals surface area contributed by atoms with Gasteiger partial charge in [0.2, 0.25) is 0 Å². The van der Waals surface area contributed by atoms with Crippen LogP contribution in [0.1, 0.15) is 27.2 Å². The zero-order chi connectivity index (χ0) is 10.9. The fraction of sp³-hybridized carbons (Fsp3) is 1.00. The Balaban J connectivity index is 0. The van der Waals surface area contributed by atoms with Crippen LogP contribution in [0.2, 0.25) is 6.04 Å². The molecule has 0 aromatic rings. The molecule has 0 fully saturated rings. The monoisotopic (exact) mass is 316 g/mol. The summed E-state index contributed by atoms with van der Waals surface area (Å²) >= 11 is 3.41. The number of alkyl halides is 1. The van der Waals surface area contributed by atoms with Gasteiger partial charge in [-0.25, -0.2) is 0 Å². The molecule has 15 heavy (non-hydrogen) atoms. The molecule has 94 valence electrons. The first kappa shape index (κ1) is 18.2. The van der Waals surface area contributed by atoms with Gasteiger partial charge in [0.1, 0.15) is 0 Å². The highest BCUT2D eigenvalue weighted by Crippen LogP contribution is 2.18. The molecule has 0 bridgehead atoms. The van der Waals surface area contributed by atoms with Gasteiger partial charge in [-0.05, 0) is 38.2 Å². The summed E-state index contributed by atoms with van der Waals surface area (Å²) in [6.45, 7) is 7.92. The third-order valence-electron chi connectivity index (χ3n) is 1.71. The van der Waals surface area contributed by atoms with E-state index in [0.29, 0.717) is 19.8 Å². The van der Waals surface area contributed by atoms with Gasteiger partial charge in [0.15, 0.2) is 0 Å². The lowest BCUT2D eigenvalue weighted by atomic mass is 10.6. The molecule has 0 rings (SSSR count). The van der Waals surface area contributed by atoms with Crippen molar-refractivity contribution in [2.75, 3.05) is 25.2 Å². The van der Waals surface area contributed by atoms with Crippen LogP contribution in [0.15, 0.2) is 0 Å². The minimum absolute atomic E-state index is 0. The molecule has 0 amide bonds. The van der Waals surface area contributed by atoms with Gasteiger partial charge < -0.3 is 13.3 Å². The van der Waals surface area contributed by atoms with E-state index in [1.807, 2.05) is 20.8 Å². The molecule has 0 atom stereocenters. The Bertz CT molecular complexity index is 122. The normalized spacial score (nSPS) is 11.2. The summed E-state index contributed by atoms with van der Waals surface area (Å²) < 4.78 is 17.1. The van der Waals surface area contributed by atoms with E-state index >= 15 is 0 Å². The highest BCUT2D eigenvalue weighted by Gasteiger charge is 2.39. The second-order valence-corrected chi connectivity index (χ2v) is 6.30. The molecule has 0 radical (unpaired) electrons. The van der Waals surface area contributed by atoms with Crippen molar-refractivity contribution in [2.24, 2.45) is 0 Å². The average Bonchev–Trinajstić information content (AvgIpc) is 2.16. The first-order valence-corrected chi connectivity index (χ1v) is 8.27. The summed E-state index contributed by atoms with van der Waals surface area (Å²) in [5.74, 6) is 0. The van der Waals surface area contributed by atoms with Gasteiger partial charge in [-0.2, -0.15) is 0 Å². The molecule has 0 aliphatic rings. The fourth-order valence-electron chi connectivity index (χ4n) is 1.28. The number of rotatable bonds is 9. The maximum Gasteiger partial charge on any atom is 0.500 e. The van der Waals surface area contributed by atoms with Crippen LogP contribution in [0.4, 0.5) is 0 Å². The summed E-state index contributed by atoms with van der Waals surface area (Å²) in [6, 6.07) is 0.897. The van der Waals surface area contributed by atoms with Gasteiger partial charge in [0, 0.05) is 31.2 Å². The van der Waals surface area contributed by atoms with Crippen LogP contribution in [-0.2, 0) is 13.3 Å². The summed E-state index contributed by atoms with van der Waals surface area (Å²) in [5, 5.41) is 0.967. The molecule has 0 saturated carbocycles. The molecule has 0 spiro atoms. The Morgan fingerprint density at radius 1 is 0.933 bits per heavy atom. The van der Waals surface area contributed by atoms with Crippen molar-refractivity contribution >= 4 is 35.7 Å². The van der Waals surface area contributed by atoms with Gasteiger partial charge in [-0.15, -0.1) is 0 Å². The van der Waals surface area contributed by atoms with Crippen LogP contribution in [0.5, 0.6) is 0 Å². The average molecular weight is 317 g/mol. The van der Waals surface area contributed by atoms with Crippen LogP contribution in [0.3, 0.4) is 0 Å². The standard InChI is InChI=1S/C9H21BrO3Si.H4Si/c1-4-11-14(12-5-2,13-6-3)9-7-8-10;/h4-9H2,1-3H3;1H4. The van der Waals surface area contributed by atoms with Crippen molar-refractivity contribution < 1.29 is 13.3 Å². The Labute approximate surface area is 107 Å². The van der Waals surface area contributed by atoms with E-state index in [1.165, 1.54) is 0 Å². The maximum absolute atomic E-state index is 5.69. The van der Waals surface area contributed by atoms with Crippen molar-refractivity contribution in [3.05, 3.63) is 0 Å². The van der Waals surface area contributed by atoms with Crippen molar-refractivity contribution in [3.8, 4) is 0 Å². The molecule has 0 saturated heterocycles. The molecular formula is C9H25BrO3Si2. The quantitative estimate of drug-likeness (QED) is 0.475. The van der Waals surface area contributed by atoms with E-state index in [4.69, 9.17) is 13.3 Å². The van der Waals surface area contributed by atoms with Gasteiger partial charge in [0.05, 0.1) is 0 Å². The molecule has 0 heterocycles. The third-order valence-corrected chi connectivity index (χ3v) is 5.42. The number of hydrogen-bond donors (Lipinski definition) is 0. The summed E-state index contributed by atoms with van der Waals surface area (Å²) in [5.41, 5.74) is 0. The molecule has 3 nitrogen and oxygen atoms in total. The van der Waals surface area contributed by atoms with Crippen LogP contribution >= 0.6 is 15.9 Å². The van der Waals surface area contributed by atoms with Crippen molar-refractivity contribution in [3.63, 3.8) is 0 Å². The maximum atomic E-state index is 5.69. The molecule has 0 unspecified atom stereocenters. The third kappa shape index (κ3) is 7.65. The van der Waals surface area contributed by atoms with E-state index in [1.54, 1.807) is 0 Å². The highest BCUT2D eigenvalue weighted by atomic mass is 79.9. The largest absolute Gasteiger partial charge is 0.500 e. The molecule has 0 aromatic heterocycles. The lowest BCUT2D eigenvalue weighted by Gasteiger charge is -2.28.